The lowest BCUT2D eigenvalue weighted by Gasteiger charge is -2.12. The first kappa shape index (κ1) is 18.1. The number of hydrogen-bond acceptors (Lipinski definition) is 3. The summed E-state index contributed by atoms with van der Waals surface area (Å²) in [5.41, 5.74) is 5.27. The summed E-state index contributed by atoms with van der Waals surface area (Å²) >= 11 is 0. The standard InChI is InChI=1S/C24H24N2O2/c1-16(2)17-8-11-20(12-9-17)28-15-19-14-18(10-13-23(19)27-3)24-25-21-6-4-5-7-22(21)26-24/h4-14,16H,15H2,1-3H3,(H,25,26). The molecule has 0 aliphatic heterocycles. The Morgan fingerprint density at radius 2 is 1.75 bits per heavy atom. The molecule has 4 heteroatoms. The van der Waals surface area contributed by atoms with Crippen LogP contribution in [0.3, 0.4) is 0 Å². The van der Waals surface area contributed by atoms with Gasteiger partial charge in [0.1, 0.15) is 23.9 Å². The van der Waals surface area contributed by atoms with E-state index in [1.807, 2.05) is 48.5 Å². The highest BCUT2D eigenvalue weighted by Crippen LogP contribution is 2.28. The third kappa shape index (κ3) is 3.72. The molecule has 3 aromatic carbocycles. The fourth-order valence-electron chi connectivity index (χ4n) is 3.24. The van der Waals surface area contributed by atoms with Crippen LogP contribution < -0.4 is 9.47 Å². The van der Waals surface area contributed by atoms with Gasteiger partial charge in [-0.15, -0.1) is 0 Å². The van der Waals surface area contributed by atoms with Crippen LogP contribution >= 0.6 is 0 Å². The Kier molecular flexibility index (Phi) is 5.02. The predicted octanol–water partition coefficient (Wildman–Crippen LogP) is 5.94. The first-order valence-electron chi connectivity index (χ1n) is 9.49. The maximum atomic E-state index is 6.01. The van der Waals surface area contributed by atoms with Crippen LogP contribution in [0.15, 0.2) is 66.7 Å². The molecule has 1 aromatic heterocycles. The number of fused-ring (bicyclic) bond motifs is 1. The zero-order valence-corrected chi connectivity index (χ0v) is 16.4. The van der Waals surface area contributed by atoms with Crippen LogP contribution in [0.5, 0.6) is 11.5 Å². The summed E-state index contributed by atoms with van der Waals surface area (Å²) in [6.45, 7) is 4.80. The van der Waals surface area contributed by atoms with Crippen molar-refractivity contribution in [2.24, 2.45) is 0 Å². The summed E-state index contributed by atoms with van der Waals surface area (Å²) < 4.78 is 11.5. The van der Waals surface area contributed by atoms with Crippen molar-refractivity contribution < 1.29 is 9.47 Å². The Balaban J connectivity index is 1.58. The molecule has 0 unspecified atom stereocenters. The highest BCUT2D eigenvalue weighted by Gasteiger charge is 2.10. The molecule has 0 aliphatic rings. The van der Waals surface area contributed by atoms with Gasteiger partial charge in [0, 0.05) is 11.1 Å². The largest absolute Gasteiger partial charge is 0.496 e. The van der Waals surface area contributed by atoms with Gasteiger partial charge in [-0.3, -0.25) is 0 Å². The van der Waals surface area contributed by atoms with E-state index in [2.05, 4.69) is 42.0 Å². The van der Waals surface area contributed by atoms with Gasteiger partial charge in [-0.25, -0.2) is 4.98 Å². The van der Waals surface area contributed by atoms with Crippen molar-refractivity contribution in [3.05, 3.63) is 77.9 Å². The van der Waals surface area contributed by atoms with Crippen molar-refractivity contribution in [3.63, 3.8) is 0 Å². The number of ether oxygens (including phenoxy) is 2. The van der Waals surface area contributed by atoms with E-state index in [0.717, 1.165) is 39.5 Å². The minimum absolute atomic E-state index is 0.429. The molecule has 0 radical (unpaired) electrons. The van der Waals surface area contributed by atoms with Crippen molar-refractivity contribution in [1.82, 2.24) is 9.97 Å². The fourth-order valence-corrected chi connectivity index (χ4v) is 3.24. The lowest BCUT2D eigenvalue weighted by Crippen LogP contribution is -2.00. The number of H-pyrrole nitrogens is 1. The summed E-state index contributed by atoms with van der Waals surface area (Å²) in [5.74, 6) is 3.00. The molecule has 142 valence electrons. The zero-order valence-electron chi connectivity index (χ0n) is 16.4. The van der Waals surface area contributed by atoms with E-state index in [1.165, 1.54) is 5.56 Å². The van der Waals surface area contributed by atoms with Gasteiger partial charge in [0.25, 0.3) is 0 Å². The van der Waals surface area contributed by atoms with Crippen LogP contribution in [0.2, 0.25) is 0 Å². The summed E-state index contributed by atoms with van der Waals surface area (Å²) in [7, 11) is 1.68. The van der Waals surface area contributed by atoms with E-state index in [4.69, 9.17) is 9.47 Å². The average molecular weight is 372 g/mol. The van der Waals surface area contributed by atoms with E-state index >= 15 is 0 Å². The van der Waals surface area contributed by atoms with Gasteiger partial charge in [-0.2, -0.15) is 0 Å². The van der Waals surface area contributed by atoms with Crippen LogP contribution in [0.4, 0.5) is 0 Å². The Hall–Kier alpha value is -3.27. The van der Waals surface area contributed by atoms with Gasteiger partial charge in [-0.1, -0.05) is 38.1 Å². The summed E-state index contributed by atoms with van der Waals surface area (Å²) in [6.07, 6.45) is 0. The molecular weight excluding hydrogens is 348 g/mol. The number of benzene rings is 3. The molecule has 0 saturated heterocycles. The molecule has 1 N–H and O–H groups in total. The molecule has 0 saturated carbocycles. The third-order valence-electron chi connectivity index (χ3n) is 4.88. The molecule has 0 amide bonds. The quantitative estimate of drug-likeness (QED) is 0.455. The lowest BCUT2D eigenvalue weighted by molar-refractivity contribution is 0.296. The second-order valence-electron chi connectivity index (χ2n) is 7.14. The van der Waals surface area contributed by atoms with E-state index in [9.17, 15) is 0 Å². The van der Waals surface area contributed by atoms with Crippen molar-refractivity contribution in [1.29, 1.82) is 0 Å². The third-order valence-corrected chi connectivity index (χ3v) is 4.88. The Bertz CT molecular complexity index is 1050. The van der Waals surface area contributed by atoms with Crippen molar-refractivity contribution >= 4 is 11.0 Å². The molecule has 28 heavy (non-hydrogen) atoms. The molecule has 0 spiro atoms. The molecule has 1 heterocycles. The highest BCUT2D eigenvalue weighted by atomic mass is 16.5. The van der Waals surface area contributed by atoms with Gasteiger partial charge < -0.3 is 14.5 Å². The van der Waals surface area contributed by atoms with Crippen molar-refractivity contribution in [3.8, 4) is 22.9 Å². The maximum absolute atomic E-state index is 6.01. The second kappa shape index (κ2) is 7.77. The molecule has 0 aliphatic carbocycles. The van der Waals surface area contributed by atoms with Gasteiger partial charge in [0.2, 0.25) is 0 Å². The minimum atomic E-state index is 0.429. The number of nitrogens with zero attached hydrogens (tertiary/aromatic N) is 1. The van der Waals surface area contributed by atoms with Gasteiger partial charge in [0.05, 0.1) is 18.1 Å². The fraction of sp³-hybridized carbons (Fsp3) is 0.208. The molecule has 0 fully saturated rings. The highest BCUT2D eigenvalue weighted by molar-refractivity contribution is 5.79. The van der Waals surface area contributed by atoms with E-state index < -0.39 is 0 Å². The first-order chi connectivity index (χ1) is 13.6. The zero-order chi connectivity index (χ0) is 19.5. The monoisotopic (exact) mass is 372 g/mol. The number of aromatic amines is 1. The molecular formula is C24H24N2O2. The van der Waals surface area contributed by atoms with Crippen molar-refractivity contribution in [2.45, 2.75) is 26.4 Å². The number of hydrogen-bond donors (Lipinski definition) is 1. The maximum Gasteiger partial charge on any atom is 0.138 e. The second-order valence-corrected chi connectivity index (χ2v) is 7.14. The van der Waals surface area contributed by atoms with E-state index in [-0.39, 0.29) is 0 Å². The lowest BCUT2D eigenvalue weighted by atomic mass is 10.0. The Labute approximate surface area is 165 Å². The molecule has 4 rings (SSSR count). The van der Waals surface area contributed by atoms with E-state index in [1.54, 1.807) is 7.11 Å². The predicted molar refractivity (Wildman–Crippen MR) is 113 cm³/mol. The molecule has 4 aromatic rings. The van der Waals surface area contributed by atoms with Crippen LogP contribution in [0, 0.1) is 0 Å². The number of para-hydroxylation sites is 2. The number of nitrogens with one attached hydrogen (secondary N) is 1. The molecule has 0 bridgehead atoms. The van der Waals surface area contributed by atoms with Gasteiger partial charge in [-0.05, 0) is 53.9 Å². The van der Waals surface area contributed by atoms with Crippen LogP contribution in [-0.4, -0.2) is 17.1 Å². The van der Waals surface area contributed by atoms with Crippen LogP contribution in [0.1, 0.15) is 30.9 Å². The first-order valence-corrected chi connectivity index (χ1v) is 9.49. The summed E-state index contributed by atoms with van der Waals surface area (Å²) in [6, 6.07) is 22.3. The van der Waals surface area contributed by atoms with Gasteiger partial charge >= 0.3 is 0 Å². The number of methoxy groups -OCH3 is 1. The summed E-state index contributed by atoms with van der Waals surface area (Å²) in [5, 5.41) is 0. The number of rotatable bonds is 6. The normalized spacial score (nSPS) is 11.1. The van der Waals surface area contributed by atoms with Crippen molar-refractivity contribution in [2.75, 3.05) is 7.11 Å². The summed E-state index contributed by atoms with van der Waals surface area (Å²) in [4.78, 5) is 8.06. The number of aromatic nitrogens is 2. The topological polar surface area (TPSA) is 47.1 Å². The Morgan fingerprint density at radius 1 is 0.964 bits per heavy atom. The molecule has 4 nitrogen and oxygen atoms in total. The molecule has 0 atom stereocenters. The Morgan fingerprint density at radius 3 is 2.46 bits per heavy atom. The smallest absolute Gasteiger partial charge is 0.138 e. The van der Waals surface area contributed by atoms with E-state index in [0.29, 0.717) is 12.5 Å². The SMILES string of the molecule is COc1ccc(-c2nc3ccccc3[nH]2)cc1COc1ccc(C(C)C)cc1. The van der Waals surface area contributed by atoms with Crippen LogP contribution in [0.25, 0.3) is 22.4 Å². The minimum Gasteiger partial charge on any atom is -0.496 e. The number of imidazole rings is 1. The van der Waals surface area contributed by atoms with Crippen LogP contribution in [-0.2, 0) is 6.61 Å². The van der Waals surface area contributed by atoms with Gasteiger partial charge in [0.15, 0.2) is 0 Å². The average Bonchev–Trinajstić information content (AvgIpc) is 3.16.